The van der Waals surface area contributed by atoms with E-state index < -0.39 is 48.7 Å². The van der Waals surface area contributed by atoms with E-state index in [9.17, 15) is 19.2 Å². The summed E-state index contributed by atoms with van der Waals surface area (Å²) >= 11 is 3.69. The minimum absolute atomic E-state index is 0.0608. The molecule has 148 valence electrons. The first-order valence-electron chi connectivity index (χ1n) is 7.37. The van der Waals surface area contributed by atoms with E-state index >= 15 is 0 Å². The third-order valence-corrected chi connectivity index (χ3v) is 3.50. The van der Waals surface area contributed by atoms with Gasteiger partial charge in [0.15, 0.2) is 5.96 Å². The third-order valence-electron chi connectivity index (χ3n) is 2.91. The molecule has 0 aliphatic heterocycles. The zero-order valence-corrected chi connectivity index (χ0v) is 15.5. The molecule has 0 aliphatic rings. The van der Waals surface area contributed by atoms with Crippen LogP contribution in [0.15, 0.2) is 4.99 Å². The van der Waals surface area contributed by atoms with Crippen molar-refractivity contribution in [2.24, 2.45) is 22.2 Å². The summed E-state index contributed by atoms with van der Waals surface area (Å²) in [4.78, 5) is 49.7. The molecule has 2 atom stereocenters. The number of hydrogen-bond donors (Lipinski definition) is 8. The summed E-state index contributed by atoms with van der Waals surface area (Å²) in [5.74, 6) is -3.43. The molecular weight excluding hydrogens is 386 g/mol. The first-order chi connectivity index (χ1) is 12.2. The van der Waals surface area contributed by atoms with E-state index in [4.69, 9.17) is 22.3 Å². The Balaban J connectivity index is 4.27. The molecule has 10 N–H and O–H groups in total. The topological polar surface area (TPSA) is 215 Å². The molecule has 14 heteroatoms. The van der Waals surface area contributed by atoms with Gasteiger partial charge in [-0.2, -0.15) is 0 Å². The van der Waals surface area contributed by atoms with E-state index in [0.29, 0.717) is 30.4 Å². The summed E-state index contributed by atoms with van der Waals surface area (Å²) in [5.41, 5.74) is 16.0. The summed E-state index contributed by atoms with van der Waals surface area (Å²) in [6.45, 7) is -0.163. The lowest BCUT2D eigenvalue weighted by molar-refractivity contribution is -0.143. The number of carboxylic acid groups (broad SMARTS) is 1. The van der Waals surface area contributed by atoms with Gasteiger partial charge in [0.2, 0.25) is 17.7 Å². The molecule has 26 heavy (non-hydrogen) atoms. The number of aliphatic carboxylic acids is 1. The van der Waals surface area contributed by atoms with E-state index in [1.807, 2.05) is 0 Å². The van der Waals surface area contributed by atoms with Crippen molar-refractivity contribution in [1.29, 1.82) is 0 Å². The van der Waals surface area contributed by atoms with Gasteiger partial charge in [-0.05, 0) is 12.8 Å². The lowest BCUT2D eigenvalue weighted by Gasteiger charge is -2.15. The number of guanidine groups is 1. The van der Waals surface area contributed by atoms with Crippen LogP contribution in [0, 0.1) is 0 Å². The highest BCUT2D eigenvalue weighted by molar-refractivity contribution is 8.68. The van der Waals surface area contributed by atoms with Crippen molar-refractivity contribution in [2.75, 3.05) is 13.1 Å². The van der Waals surface area contributed by atoms with Gasteiger partial charge in [-0.25, -0.2) is 4.79 Å². The lowest BCUT2D eigenvalue weighted by atomic mass is 10.1. The van der Waals surface area contributed by atoms with Gasteiger partial charge in [-0.3, -0.25) is 24.1 Å². The van der Waals surface area contributed by atoms with Crippen LogP contribution in [-0.2, 0) is 19.2 Å². The maximum atomic E-state index is 11.8. The molecule has 0 saturated carbocycles. The standard InChI is InChI=1S/C12H23N7O5S2/c13-6(2-1-3-16-12(14)15)10(22)17-5-9(21)18-7(11(23)24)4-8(20)19-26-25/h6-7,25H,1-5,13H2,(H,17,22)(H,18,21)(H,19,20)(H,23,24)(H4,14,15,16). The third kappa shape index (κ3) is 11.4. The van der Waals surface area contributed by atoms with Gasteiger partial charge in [0.1, 0.15) is 6.04 Å². The number of amides is 3. The van der Waals surface area contributed by atoms with E-state index in [2.05, 4.69) is 32.0 Å². The van der Waals surface area contributed by atoms with E-state index in [0.717, 1.165) is 0 Å². The number of rotatable bonds is 12. The second-order valence-electron chi connectivity index (χ2n) is 5.05. The van der Waals surface area contributed by atoms with E-state index in [-0.39, 0.29) is 5.96 Å². The summed E-state index contributed by atoms with van der Waals surface area (Å²) in [6, 6.07) is -2.31. The van der Waals surface area contributed by atoms with Gasteiger partial charge >= 0.3 is 5.97 Å². The SMILES string of the molecule is NC(N)=NCCCC(N)C(=O)NCC(=O)NC(CC(=O)NSS)C(=O)O. The molecule has 0 aromatic rings. The molecule has 0 saturated heterocycles. The zero-order chi connectivity index (χ0) is 20.1. The van der Waals surface area contributed by atoms with Crippen LogP contribution in [0.1, 0.15) is 19.3 Å². The lowest BCUT2D eigenvalue weighted by Crippen LogP contribution is -2.49. The van der Waals surface area contributed by atoms with E-state index in [1.54, 1.807) is 0 Å². The van der Waals surface area contributed by atoms with Crippen LogP contribution >= 0.6 is 22.6 Å². The zero-order valence-electron chi connectivity index (χ0n) is 13.8. The molecule has 0 heterocycles. The van der Waals surface area contributed by atoms with Gasteiger partial charge in [0.05, 0.1) is 19.0 Å². The number of nitrogens with two attached hydrogens (primary N) is 3. The van der Waals surface area contributed by atoms with Crippen molar-refractivity contribution in [3.63, 3.8) is 0 Å². The molecule has 0 aromatic heterocycles. The molecule has 3 amide bonds. The fourth-order valence-electron chi connectivity index (χ4n) is 1.67. The van der Waals surface area contributed by atoms with Crippen LogP contribution < -0.4 is 32.6 Å². The van der Waals surface area contributed by atoms with Crippen molar-refractivity contribution < 1.29 is 24.3 Å². The van der Waals surface area contributed by atoms with Crippen molar-refractivity contribution in [3.05, 3.63) is 0 Å². The number of thiol groups is 1. The Kier molecular flexibility index (Phi) is 12.0. The highest BCUT2D eigenvalue weighted by Gasteiger charge is 2.23. The number of hydrogen-bond acceptors (Lipinski definition) is 8. The normalized spacial score (nSPS) is 12.4. The summed E-state index contributed by atoms with van der Waals surface area (Å²) in [6.07, 6.45) is 0.286. The average Bonchev–Trinajstić information content (AvgIpc) is 2.55. The van der Waals surface area contributed by atoms with Gasteiger partial charge < -0.3 is 32.9 Å². The fraction of sp³-hybridized carbons (Fsp3) is 0.583. The van der Waals surface area contributed by atoms with Crippen LogP contribution in [0.25, 0.3) is 0 Å². The molecule has 0 fully saturated rings. The minimum Gasteiger partial charge on any atom is -0.480 e. The Morgan fingerprint density at radius 1 is 1.19 bits per heavy atom. The van der Waals surface area contributed by atoms with Gasteiger partial charge in [0, 0.05) is 17.5 Å². The van der Waals surface area contributed by atoms with E-state index in [1.165, 1.54) is 0 Å². The molecule has 0 radical (unpaired) electrons. The van der Waals surface area contributed by atoms with Crippen molar-refractivity contribution in [2.45, 2.75) is 31.3 Å². The molecule has 0 aliphatic carbocycles. The van der Waals surface area contributed by atoms with Crippen LogP contribution in [0.2, 0.25) is 0 Å². The van der Waals surface area contributed by atoms with Gasteiger partial charge in [-0.15, -0.1) is 0 Å². The molecule has 12 nitrogen and oxygen atoms in total. The first-order valence-corrected chi connectivity index (χ1v) is 9.24. The van der Waals surface area contributed by atoms with Crippen LogP contribution in [0.3, 0.4) is 0 Å². The Labute approximate surface area is 159 Å². The average molecular weight is 409 g/mol. The van der Waals surface area contributed by atoms with Gasteiger partial charge in [0.25, 0.3) is 0 Å². The van der Waals surface area contributed by atoms with Crippen molar-refractivity contribution >= 4 is 52.3 Å². The second kappa shape index (κ2) is 13.1. The molecule has 0 spiro atoms. The fourth-order valence-corrected chi connectivity index (χ4v) is 2.16. The van der Waals surface area contributed by atoms with Crippen molar-refractivity contribution in [3.8, 4) is 0 Å². The quantitative estimate of drug-likeness (QED) is 0.0412. The number of carboxylic acids is 1. The maximum Gasteiger partial charge on any atom is 0.326 e. The predicted octanol–water partition coefficient (Wildman–Crippen LogP) is -2.95. The van der Waals surface area contributed by atoms with Crippen LogP contribution in [0.5, 0.6) is 0 Å². The largest absolute Gasteiger partial charge is 0.480 e. The number of carbonyl (C=O) groups is 4. The number of carbonyl (C=O) groups excluding carboxylic acids is 3. The molecule has 2 unspecified atom stereocenters. The minimum atomic E-state index is -1.44. The Hall–Kier alpha value is -2.19. The smallest absolute Gasteiger partial charge is 0.326 e. The first kappa shape index (κ1) is 23.8. The number of aliphatic imine (C=N–C) groups is 1. The number of nitrogens with zero attached hydrogens (tertiary/aromatic N) is 1. The molecule has 0 aromatic carbocycles. The molecule has 0 rings (SSSR count). The Morgan fingerprint density at radius 3 is 2.38 bits per heavy atom. The Morgan fingerprint density at radius 2 is 1.85 bits per heavy atom. The van der Waals surface area contributed by atoms with Crippen LogP contribution in [-0.4, -0.2) is 59.9 Å². The number of nitrogens with one attached hydrogen (secondary N) is 3. The molecule has 0 bridgehead atoms. The Bertz CT molecular complexity index is 542. The van der Waals surface area contributed by atoms with Crippen molar-refractivity contribution in [1.82, 2.24) is 15.4 Å². The summed E-state index contributed by atoms with van der Waals surface area (Å²) < 4.78 is 2.22. The highest BCUT2D eigenvalue weighted by Crippen LogP contribution is 2.01. The highest BCUT2D eigenvalue weighted by atomic mass is 33.1. The second-order valence-corrected chi connectivity index (χ2v) is 5.99. The predicted molar refractivity (Wildman–Crippen MR) is 99.8 cm³/mol. The monoisotopic (exact) mass is 409 g/mol. The van der Waals surface area contributed by atoms with Gasteiger partial charge in [-0.1, -0.05) is 11.7 Å². The summed E-state index contributed by atoms with van der Waals surface area (Å²) in [7, 11) is 0.706. The summed E-state index contributed by atoms with van der Waals surface area (Å²) in [5, 5.41) is 13.4. The van der Waals surface area contributed by atoms with Crippen LogP contribution in [0.4, 0.5) is 0 Å². The molecular formula is C12H23N7O5S2. The maximum absolute atomic E-state index is 11.8.